The van der Waals surface area contributed by atoms with Gasteiger partial charge in [0.1, 0.15) is 11.5 Å². The lowest BCUT2D eigenvalue weighted by Crippen LogP contribution is -2.41. The second kappa shape index (κ2) is 7.17. The van der Waals surface area contributed by atoms with Crippen LogP contribution in [0.25, 0.3) is 0 Å². The maximum absolute atomic E-state index is 12.0. The molecule has 1 aliphatic rings. The molecule has 2 aromatic rings. The molecule has 6 nitrogen and oxygen atoms in total. The van der Waals surface area contributed by atoms with Crippen LogP contribution in [0.4, 0.5) is 0 Å². The fourth-order valence-corrected chi connectivity index (χ4v) is 2.75. The largest absolute Gasteiger partial charge is 0.494 e. The zero-order valence-corrected chi connectivity index (χ0v) is 13.2. The number of aromatic amines is 1. The van der Waals surface area contributed by atoms with Crippen molar-refractivity contribution in [2.24, 2.45) is 0 Å². The van der Waals surface area contributed by atoms with Gasteiger partial charge >= 0.3 is 0 Å². The van der Waals surface area contributed by atoms with E-state index in [1.54, 1.807) is 12.1 Å². The number of amides is 1. The number of hydrogen-bond acceptors (Lipinski definition) is 4. The molecule has 23 heavy (non-hydrogen) atoms. The SMILES string of the molecule is CCOc1ccc(OCC(=O)NC2CCc3cn[nH]c3C2)cc1. The lowest BCUT2D eigenvalue weighted by Gasteiger charge is -2.22. The van der Waals surface area contributed by atoms with Crippen molar-refractivity contribution in [1.82, 2.24) is 15.5 Å². The van der Waals surface area contributed by atoms with Crippen LogP contribution in [0, 0.1) is 0 Å². The zero-order chi connectivity index (χ0) is 16.1. The predicted molar refractivity (Wildman–Crippen MR) is 85.6 cm³/mol. The number of aryl methyl sites for hydroxylation is 1. The molecule has 1 aromatic heterocycles. The van der Waals surface area contributed by atoms with Gasteiger partial charge in [-0.2, -0.15) is 5.10 Å². The van der Waals surface area contributed by atoms with Crippen molar-refractivity contribution in [3.8, 4) is 11.5 Å². The molecule has 3 rings (SSSR count). The summed E-state index contributed by atoms with van der Waals surface area (Å²) in [5.74, 6) is 1.34. The normalized spacial score (nSPS) is 16.5. The molecule has 1 unspecified atom stereocenters. The van der Waals surface area contributed by atoms with Crippen LogP contribution in [0.15, 0.2) is 30.5 Å². The molecule has 0 aliphatic heterocycles. The Hall–Kier alpha value is -2.50. The Bertz CT molecular complexity index is 651. The van der Waals surface area contributed by atoms with E-state index in [9.17, 15) is 4.79 Å². The van der Waals surface area contributed by atoms with Crippen molar-refractivity contribution in [3.63, 3.8) is 0 Å². The van der Waals surface area contributed by atoms with Crippen molar-refractivity contribution >= 4 is 5.91 Å². The number of nitrogens with zero attached hydrogens (tertiary/aromatic N) is 1. The number of fused-ring (bicyclic) bond motifs is 1. The Morgan fingerprint density at radius 1 is 1.30 bits per heavy atom. The van der Waals surface area contributed by atoms with E-state index in [0.29, 0.717) is 12.4 Å². The van der Waals surface area contributed by atoms with Gasteiger partial charge in [0.2, 0.25) is 0 Å². The van der Waals surface area contributed by atoms with Crippen molar-refractivity contribution < 1.29 is 14.3 Å². The van der Waals surface area contributed by atoms with Crippen molar-refractivity contribution in [3.05, 3.63) is 41.7 Å². The summed E-state index contributed by atoms with van der Waals surface area (Å²) in [5.41, 5.74) is 2.37. The van der Waals surface area contributed by atoms with E-state index in [-0.39, 0.29) is 18.6 Å². The monoisotopic (exact) mass is 315 g/mol. The van der Waals surface area contributed by atoms with Gasteiger partial charge in [-0.05, 0) is 49.6 Å². The van der Waals surface area contributed by atoms with E-state index in [1.165, 1.54) is 5.56 Å². The summed E-state index contributed by atoms with van der Waals surface area (Å²) in [6.07, 6.45) is 4.53. The van der Waals surface area contributed by atoms with Gasteiger partial charge in [0.15, 0.2) is 6.61 Å². The second-order valence-electron chi connectivity index (χ2n) is 5.57. The van der Waals surface area contributed by atoms with Crippen LogP contribution in [0.3, 0.4) is 0 Å². The number of hydrogen-bond donors (Lipinski definition) is 2. The minimum atomic E-state index is -0.105. The highest BCUT2D eigenvalue weighted by Crippen LogP contribution is 2.19. The maximum Gasteiger partial charge on any atom is 0.258 e. The number of H-pyrrole nitrogens is 1. The molecule has 2 N–H and O–H groups in total. The number of ether oxygens (including phenoxy) is 2. The van der Waals surface area contributed by atoms with Crippen molar-refractivity contribution in [2.45, 2.75) is 32.2 Å². The van der Waals surface area contributed by atoms with Crippen molar-refractivity contribution in [2.75, 3.05) is 13.2 Å². The quantitative estimate of drug-likeness (QED) is 0.853. The number of carbonyl (C=O) groups excluding carboxylic acids is 1. The molecule has 1 aromatic carbocycles. The molecule has 122 valence electrons. The minimum absolute atomic E-state index is 0.0142. The molecule has 1 atom stereocenters. The van der Waals surface area contributed by atoms with Gasteiger partial charge in [-0.3, -0.25) is 9.89 Å². The average molecular weight is 315 g/mol. The van der Waals surface area contributed by atoms with E-state index in [0.717, 1.165) is 30.7 Å². The third-order valence-electron chi connectivity index (χ3n) is 3.89. The molecule has 0 radical (unpaired) electrons. The molecule has 6 heteroatoms. The van der Waals surface area contributed by atoms with Crippen LogP contribution in [-0.4, -0.2) is 35.4 Å². The number of rotatable bonds is 6. The predicted octanol–water partition coefficient (Wildman–Crippen LogP) is 1.86. The first kappa shape index (κ1) is 15.4. The Labute approximate surface area is 135 Å². The van der Waals surface area contributed by atoms with Crippen LogP contribution in [0.1, 0.15) is 24.6 Å². The lowest BCUT2D eigenvalue weighted by molar-refractivity contribution is -0.123. The molecule has 0 bridgehead atoms. The maximum atomic E-state index is 12.0. The topological polar surface area (TPSA) is 76.2 Å². The Kier molecular flexibility index (Phi) is 4.80. The number of carbonyl (C=O) groups is 1. The summed E-state index contributed by atoms with van der Waals surface area (Å²) >= 11 is 0. The van der Waals surface area contributed by atoms with Crippen LogP contribution in [-0.2, 0) is 17.6 Å². The summed E-state index contributed by atoms with van der Waals surface area (Å²) in [5, 5.41) is 10.0. The van der Waals surface area contributed by atoms with Crippen LogP contribution in [0.2, 0.25) is 0 Å². The van der Waals surface area contributed by atoms with Crippen LogP contribution in [0.5, 0.6) is 11.5 Å². The van der Waals surface area contributed by atoms with Gasteiger partial charge in [0, 0.05) is 18.2 Å². The molecule has 1 heterocycles. The second-order valence-corrected chi connectivity index (χ2v) is 5.57. The van der Waals surface area contributed by atoms with Gasteiger partial charge in [-0.15, -0.1) is 0 Å². The minimum Gasteiger partial charge on any atom is -0.494 e. The summed E-state index contributed by atoms with van der Waals surface area (Å²) in [6, 6.07) is 7.40. The zero-order valence-electron chi connectivity index (χ0n) is 13.2. The van der Waals surface area contributed by atoms with E-state index in [2.05, 4.69) is 15.5 Å². The van der Waals surface area contributed by atoms with Crippen molar-refractivity contribution in [1.29, 1.82) is 0 Å². The van der Waals surface area contributed by atoms with E-state index in [1.807, 2.05) is 25.3 Å². The lowest BCUT2D eigenvalue weighted by atomic mass is 9.94. The van der Waals surface area contributed by atoms with Crippen LogP contribution < -0.4 is 14.8 Å². The third-order valence-corrected chi connectivity index (χ3v) is 3.89. The van der Waals surface area contributed by atoms with Gasteiger partial charge in [0.05, 0.1) is 12.8 Å². The fourth-order valence-electron chi connectivity index (χ4n) is 2.75. The van der Waals surface area contributed by atoms with E-state index in [4.69, 9.17) is 9.47 Å². The molecule has 0 fully saturated rings. The Morgan fingerprint density at radius 3 is 2.78 bits per heavy atom. The van der Waals surface area contributed by atoms with Gasteiger partial charge in [0.25, 0.3) is 5.91 Å². The third kappa shape index (κ3) is 4.03. The Balaban J connectivity index is 1.45. The number of aromatic nitrogens is 2. The molecular formula is C17H21N3O3. The molecule has 1 amide bonds. The summed E-state index contributed by atoms with van der Waals surface area (Å²) < 4.78 is 10.9. The highest BCUT2D eigenvalue weighted by atomic mass is 16.5. The number of benzene rings is 1. The Morgan fingerprint density at radius 2 is 2.04 bits per heavy atom. The first-order chi connectivity index (χ1) is 11.2. The summed E-state index contributed by atoms with van der Waals surface area (Å²) in [6.45, 7) is 2.58. The van der Waals surface area contributed by atoms with E-state index >= 15 is 0 Å². The van der Waals surface area contributed by atoms with Gasteiger partial charge in [-0.25, -0.2) is 0 Å². The summed E-state index contributed by atoms with van der Waals surface area (Å²) in [4.78, 5) is 12.0. The standard InChI is InChI=1S/C17H21N3O3/c1-2-22-14-5-7-15(8-6-14)23-11-17(21)19-13-4-3-12-10-18-20-16(12)9-13/h5-8,10,13H,2-4,9,11H2,1H3,(H,18,20)(H,19,21). The smallest absolute Gasteiger partial charge is 0.258 e. The average Bonchev–Trinajstić information content (AvgIpc) is 3.02. The van der Waals surface area contributed by atoms with Gasteiger partial charge < -0.3 is 14.8 Å². The van der Waals surface area contributed by atoms with Gasteiger partial charge in [-0.1, -0.05) is 0 Å². The van der Waals surface area contributed by atoms with Crippen LogP contribution >= 0.6 is 0 Å². The molecular weight excluding hydrogens is 294 g/mol. The highest BCUT2D eigenvalue weighted by Gasteiger charge is 2.21. The molecule has 1 aliphatic carbocycles. The fraction of sp³-hybridized carbons (Fsp3) is 0.412. The molecule has 0 saturated heterocycles. The number of nitrogens with one attached hydrogen (secondary N) is 2. The molecule has 0 spiro atoms. The summed E-state index contributed by atoms with van der Waals surface area (Å²) in [7, 11) is 0. The first-order valence-electron chi connectivity index (χ1n) is 7.90. The molecule has 0 saturated carbocycles. The van der Waals surface area contributed by atoms with E-state index < -0.39 is 0 Å². The highest BCUT2D eigenvalue weighted by molar-refractivity contribution is 5.77. The first-order valence-corrected chi connectivity index (χ1v) is 7.90.